The molecule has 0 amide bonds. The summed E-state index contributed by atoms with van der Waals surface area (Å²) >= 11 is 0. The molecule has 1 saturated heterocycles. The monoisotopic (exact) mass is 349 g/mol. The van der Waals surface area contributed by atoms with Gasteiger partial charge in [-0.1, -0.05) is 30.3 Å². The highest BCUT2D eigenvalue weighted by molar-refractivity contribution is 7.89. The molecule has 5 nitrogen and oxygen atoms in total. The lowest BCUT2D eigenvalue weighted by atomic mass is 9.88. The third-order valence-electron chi connectivity index (χ3n) is 4.70. The predicted octanol–water partition coefficient (Wildman–Crippen LogP) is 3.03. The summed E-state index contributed by atoms with van der Waals surface area (Å²) in [6.45, 7) is 4.25. The zero-order valence-electron chi connectivity index (χ0n) is 14.0. The van der Waals surface area contributed by atoms with Crippen molar-refractivity contribution in [2.75, 3.05) is 13.1 Å². The average Bonchev–Trinajstić information content (AvgIpc) is 2.94. The van der Waals surface area contributed by atoms with E-state index in [1.807, 2.05) is 30.3 Å². The Hall–Kier alpha value is -1.63. The lowest BCUT2D eigenvalue weighted by Crippen LogP contribution is -2.39. The lowest BCUT2D eigenvalue weighted by molar-refractivity contribution is 0.0760. The Balaban J connectivity index is 1.70. The van der Waals surface area contributed by atoms with Crippen LogP contribution in [0.1, 0.15) is 36.0 Å². The Kier molecular flexibility index (Phi) is 4.80. The number of rotatable bonds is 4. The Morgan fingerprint density at radius 3 is 2.33 bits per heavy atom. The Morgan fingerprint density at radius 2 is 1.79 bits per heavy atom. The minimum Gasteiger partial charge on any atom is -0.465 e. The van der Waals surface area contributed by atoms with Gasteiger partial charge in [0.2, 0.25) is 10.0 Å². The zero-order chi connectivity index (χ0) is 17.3. The van der Waals surface area contributed by atoms with E-state index >= 15 is 0 Å². The van der Waals surface area contributed by atoms with Gasteiger partial charge in [0.05, 0.1) is 6.10 Å². The minimum atomic E-state index is -3.53. The largest absolute Gasteiger partial charge is 0.465 e. The van der Waals surface area contributed by atoms with Crippen molar-refractivity contribution in [3.8, 4) is 0 Å². The number of aryl methyl sites for hydroxylation is 2. The van der Waals surface area contributed by atoms with Gasteiger partial charge in [0.1, 0.15) is 16.4 Å². The number of hydrogen-bond acceptors (Lipinski definition) is 4. The van der Waals surface area contributed by atoms with Gasteiger partial charge in [0.25, 0.3) is 0 Å². The van der Waals surface area contributed by atoms with Gasteiger partial charge < -0.3 is 9.52 Å². The number of aliphatic hydroxyl groups is 1. The second kappa shape index (κ2) is 6.70. The molecule has 1 aromatic heterocycles. The quantitative estimate of drug-likeness (QED) is 0.921. The van der Waals surface area contributed by atoms with E-state index in [0.29, 0.717) is 37.5 Å². The molecule has 24 heavy (non-hydrogen) atoms. The first-order valence-electron chi connectivity index (χ1n) is 8.20. The Morgan fingerprint density at radius 1 is 1.17 bits per heavy atom. The van der Waals surface area contributed by atoms with Crippen molar-refractivity contribution in [1.29, 1.82) is 0 Å². The van der Waals surface area contributed by atoms with E-state index in [4.69, 9.17) is 4.42 Å². The molecule has 1 atom stereocenters. The van der Waals surface area contributed by atoms with Crippen LogP contribution in [0.4, 0.5) is 0 Å². The van der Waals surface area contributed by atoms with Gasteiger partial charge in [-0.2, -0.15) is 4.31 Å². The molecule has 1 aromatic carbocycles. The average molecular weight is 349 g/mol. The number of furan rings is 1. The van der Waals surface area contributed by atoms with E-state index in [2.05, 4.69) is 0 Å². The normalized spacial score (nSPS) is 18.6. The smallest absolute Gasteiger partial charge is 0.246 e. The molecular weight excluding hydrogens is 326 g/mol. The summed E-state index contributed by atoms with van der Waals surface area (Å²) in [6.07, 6.45) is 0.741. The molecule has 130 valence electrons. The van der Waals surface area contributed by atoms with E-state index in [9.17, 15) is 13.5 Å². The van der Waals surface area contributed by atoms with E-state index in [1.54, 1.807) is 19.9 Å². The number of nitrogens with zero attached hydrogens (tertiary/aromatic N) is 1. The molecule has 1 aliphatic rings. The molecule has 0 aliphatic carbocycles. The van der Waals surface area contributed by atoms with Gasteiger partial charge >= 0.3 is 0 Å². The van der Waals surface area contributed by atoms with Crippen molar-refractivity contribution >= 4 is 10.0 Å². The summed E-state index contributed by atoms with van der Waals surface area (Å²) in [5, 5.41) is 10.5. The molecule has 6 heteroatoms. The van der Waals surface area contributed by atoms with Crippen LogP contribution in [0.3, 0.4) is 0 Å². The second-order valence-corrected chi connectivity index (χ2v) is 8.28. The number of aliphatic hydroxyl groups excluding tert-OH is 1. The summed E-state index contributed by atoms with van der Waals surface area (Å²) in [6, 6.07) is 11.1. The van der Waals surface area contributed by atoms with Crippen molar-refractivity contribution in [2.45, 2.75) is 37.7 Å². The highest BCUT2D eigenvalue weighted by atomic mass is 32.2. The van der Waals surface area contributed by atoms with Crippen LogP contribution in [-0.4, -0.2) is 30.9 Å². The van der Waals surface area contributed by atoms with Crippen LogP contribution < -0.4 is 0 Å². The highest BCUT2D eigenvalue weighted by Crippen LogP contribution is 2.33. The van der Waals surface area contributed by atoms with Crippen LogP contribution in [0.15, 0.2) is 45.7 Å². The van der Waals surface area contributed by atoms with Crippen LogP contribution >= 0.6 is 0 Å². The summed E-state index contributed by atoms with van der Waals surface area (Å²) < 4.78 is 32.4. The summed E-state index contributed by atoms with van der Waals surface area (Å²) in [5.41, 5.74) is 0.889. The lowest BCUT2D eigenvalue weighted by Gasteiger charge is -2.33. The molecule has 2 heterocycles. The number of hydrogen-bond donors (Lipinski definition) is 1. The third kappa shape index (κ3) is 3.27. The van der Waals surface area contributed by atoms with E-state index in [-0.39, 0.29) is 10.8 Å². The molecule has 3 rings (SSSR count). The van der Waals surface area contributed by atoms with Gasteiger partial charge in [-0.25, -0.2) is 8.42 Å². The molecule has 0 saturated carbocycles. The van der Waals surface area contributed by atoms with Gasteiger partial charge in [0, 0.05) is 13.1 Å². The standard InChI is InChI=1S/C18H23NO4S/c1-13-12-17(14(2)23-13)24(21,22)19-10-8-16(9-11-19)18(20)15-6-4-3-5-7-15/h3-7,12,16,18,20H,8-11H2,1-2H3/t18-/m0/s1. The SMILES string of the molecule is Cc1cc(S(=O)(=O)N2CCC([C@@H](O)c3ccccc3)CC2)c(C)o1. The topological polar surface area (TPSA) is 70.8 Å². The maximum Gasteiger partial charge on any atom is 0.246 e. The minimum absolute atomic E-state index is 0.0750. The zero-order valence-corrected chi connectivity index (χ0v) is 14.8. The molecule has 0 spiro atoms. The first-order valence-corrected chi connectivity index (χ1v) is 9.64. The van der Waals surface area contributed by atoms with Crippen LogP contribution in [0.5, 0.6) is 0 Å². The van der Waals surface area contributed by atoms with Gasteiger partial charge in [-0.15, -0.1) is 0 Å². The summed E-state index contributed by atoms with van der Waals surface area (Å²) in [4.78, 5) is 0.252. The highest BCUT2D eigenvalue weighted by Gasteiger charge is 2.34. The fourth-order valence-corrected chi connectivity index (χ4v) is 5.05. The molecule has 0 radical (unpaired) electrons. The predicted molar refractivity (Wildman–Crippen MR) is 91.1 cm³/mol. The first-order chi connectivity index (χ1) is 11.4. The van der Waals surface area contributed by atoms with Crippen molar-refractivity contribution in [1.82, 2.24) is 4.31 Å². The molecule has 1 aliphatic heterocycles. The van der Waals surface area contributed by atoms with Gasteiger partial charge in [-0.05, 0) is 44.2 Å². The molecule has 0 bridgehead atoms. The van der Waals surface area contributed by atoms with Crippen LogP contribution in [0.25, 0.3) is 0 Å². The molecule has 0 unspecified atom stereocenters. The maximum atomic E-state index is 12.8. The van der Waals surface area contributed by atoms with E-state index < -0.39 is 16.1 Å². The molecule has 1 N–H and O–H groups in total. The molecule has 2 aromatic rings. The van der Waals surface area contributed by atoms with Crippen LogP contribution in [0, 0.1) is 19.8 Å². The van der Waals surface area contributed by atoms with Crippen LogP contribution in [-0.2, 0) is 10.0 Å². The maximum absolute atomic E-state index is 12.8. The molecular formula is C18H23NO4S. The third-order valence-corrected chi connectivity index (χ3v) is 6.71. The van der Waals surface area contributed by atoms with Crippen molar-refractivity contribution in [2.24, 2.45) is 5.92 Å². The number of sulfonamides is 1. The van der Waals surface area contributed by atoms with E-state index in [0.717, 1.165) is 5.56 Å². The summed E-state index contributed by atoms with van der Waals surface area (Å²) in [5.74, 6) is 1.10. The fourth-order valence-electron chi connectivity index (χ4n) is 3.36. The van der Waals surface area contributed by atoms with Crippen LogP contribution in [0.2, 0.25) is 0 Å². The fraction of sp³-hybridized carbons (Fsp3) is 0.444. The summed E-state index contributed by atoms with van der Waals surface area (Å²) in [7, 11) is -3.53. The van der Waals surface area contributed by atoms with Crippen molar-refractivity contribution < 1.29 is 17.9 Å². The van der Waals surface area contributed by atoms with E-state index in [1.165, 1.54) is 4.31 Å². The van der Waals surface area contributed by atoms with Crippen molar-refractivity contribution in [3.63, 3.8) is 0 Å². The Bertz CT molecular complexity index is 790. The van der Waals surface area contributed by atoms with Crippen molar-refractivity contribution in [3.05, 3.63) is 53.5 Å². The first kappa shape index (κ1) is 17.2. The number of benzene rings is 1. The van der Waals surface area contributed by atoms with Gasteiger partial charge in [0.15, 0.2) is 0 Å². The Labute approximate surface area is 143 Å². The number of piperidine rings is 1. The molecule has 1 fully saturated rings. The van der Waals surface area contributed by atoms with Gasteiger partial charge in [-0.3, -0.25) is 0 Å². The second-order valence-electron chi connectivity index (χ2n) is 6.37.